The monoisotopic (exact) mass is 421 g/mol. The van der Waals surface area contributed by atoms with Gasteiger partial charge in [-0.05, 0) is 69.2 Å². The van der Waals surface area contributed by atoms with Crippen molar-refractivity contribution >= 4 is 5.91 Å². The molecule has 1 fully saturated rings. The lowest BCUT2D eigenvalue weighted by atomic mass is 10.0. The lowest BCUT2D eigenvalue weighted by Crippen LogP contribution is -2.42. The summed E-state index contributed by atoms with van der Waals surface area (Å²) in [6.07, 6.45) is 5.24. The third-order valence-corrected chi connectivity index (χ3v) is 5.91. The van der Waals surface area contributed by atoms with Gasteiger partial charge in [-0.15, -0.1) is 10.2 Å². The fourth-order valence-corrected chi connectivity index (χ4v) is 4.10. The van der Waals surface area contributed by atoms with Crippen molar-refractivity contribution in [3.63, 3.8) is 0 Å². The molecule has 1 aromatic carbocycles. The molecule has 0 spiro atoms. The number of aromatic nitrogens is 4. The van der Waals surface area contributed by atoms with Crippen LogP contribution in [0.4, 0.5) is 0 Å². The smallest absolute Gasteiger partial charge is 0.268 e. The summed E-state index contributed by atoms with van der Waals surface area (Å²) in [5.74, 6) is 1.59. The fraction of sp³-hybridized carbons (Fsp3) is 0.500. The maximum atomic E-state index is 13.2. The highest BCUT2D eigenvalue weighted by atomic mass is 16.4. The van der Waals surface area contributed by atoms with Gasteiger partial charge in [-0.3, -0.25) is 4.79 Å². The van der Waals surface area contributed by atoms with Crippen LogP contribution in [-0.4, -0.2) is 43.4 Å². The molecule has 1 saturated heterocycles. The summed E-state index contributed by atoms with van der Waals surface area (Å²) in [7, 11) is 0. The predicted octanol–water partition coefficient (Wildman–Crippen LogP) is 4.83. The number of aryl methyl sites for hydroxylation is 2. The number of carbonyl (C=O) groups excluding carboxylic acids is 1. The van der Waals surface area contributed by atoms with E-state index < -0.39 is 0 Å². The average molecular weight is 422 g/mol. The summed E-state index contributed by atoms with van der Waals surface area (Å²) >= 11 is 0. The zero-order chi connectivity index (χ0) is 22.0. The Morgan fingerprint density at radius 3 is 2.77 bits per heavy atom. The van der Waals surface area contributed by atoms with Crippen molar-refractivity contribution in [2.45, 2.75) is 65.8 Å². The maximum Gasteiger partial charge on any atom is 0.268 e. The minimum Gasteiger partial charge on any atom is -0.420 e. The normalized spacial score (nSPS) is 16.8. The van der Waals surface area contributed by atoms with Gasteiger partial charge in [0.05, 0.1) is 5.69 Å². The number of rotatable bonds is 6. The Balaban J connectivity index is 1.68. The largest absolute Gasteiger partial charge is 0.420 e. The lowest BCUT2D eigenvalue weighted by Gasteiger charge is -2.33. The number of benzene rings is 1. The third-order valence-electron chi connectivity index (χ3n) is 5.91. The first-order chi connectivity index (χ1) is 14.9. The topological polar surface area (TPSA) is 77.1 Å². The van der Waals surface area contributed by atoms with E-state index in [1.54, 1.807) is 6.92 Å². The highest BCUT2D eigenvalue weighted by molar-refractivity contribution is 5.95. The van der Waals surface area contributed by atoms with Gasteiger partial charge >= 0.3 is 0 Å². The molecule has 31 heavy (non-hydrogen) atoms. The van der Waals surface area contributed by atoms with E-state index in [-0.39, 0.29) is 11.9 Å². The molecular formula is C24H31N5O2. The number of nitrogens with zero attached hydrogens (tertiary/aromatic N) is 5. The summed E-state index contributed by atoms with van der Waals surface area (Å²) in [6.45, 7) is 9.15. The second kappa shape index (κ2) is 9.04. The van der Waals surface area contributed by atoms with Gasteiger partial charge in [0.15, 0.2) is 0 Å². The number of amides is 1. The maximum absolute atomic E-state index is 13.2. The molecule has 1 aliphatic heterocycles. The average Bonchev–Trinajstić information content (AvgIpc) is 3.38. The van der Waals surface area contributed by atoms with Crippen LogP contribution in [0.5, 0.6) is 0 Å². The Labute approximate surface area is 183 Å². The quantitative estimate of drug-likeness (QED) is 0.569. The van der Waals surface area contributed by atoms with Crippen LogP contribution in [0, 0.1) is 12.8 Å². The van der Waals surface area contributed by atoms with Crippen LogP contribution in [0.1, 0.15) is 68.4 Å². The summed E-state index contributed by atoms with van der Waals surface area (Å²) in [5, 5.41) is 12.8. The zero-order valence-electron chi connectivity index (χ0n) is 18.8. The van der Waals surface area contributed by atoms with Gasteiger partial charge < -0.3 is 9.32 Å². The minimum absolute atomic E-state index is 0.0951. The van der Waals surface area contributed by atoms with E-state index in [0.29, 0.717) is 29.0 Å². The van der Waals surface area contributed by atoms with Gasteiger partial charge in [0.1, 0.15) is 5.69 Å². The molecule has 1 aliphatic rings. The third kappa shape index (κ3) is 4.70. The number of hydrogen-bond acceptors (Lipinski definition) is 5. The Bertz CT molecular complexity index is 1050. The molecule has 0 N–H and O–H groups in total. The van der Waals surface area contributed by atoms with Crippen LogP contribution in [0.15, 0.2) is 34.7 Å². The lowest BCUT2D eigenvalue weighted by molar-refractivity contribution is 0.0635. The second-order valence-corrected chi connectivity index (χ2v) is 8.89. The molecule has 1 amide bonds. The molecule has 3 heterocycles. The molecule has 0 aliphatic carbocycles. The molecule has 2 aromatic heterocycles. The van der Waals surface area contributed by atoms with Crippen LogP contribution in [0.2, 0.25) is 0 Å². The first-order valence-electron chi connectivity index (χ1n) is 11.2. The molecule has 0 bridgehead atoms. The van der Waals surface area contributed by atoms with E-state index >= 15 is 0 Å². The molecule has 1 atom stereocenters. The number of piperidine rings is 1. The molecular weight excluding hydrogens is 390 g/mol. The van der Waals surface area contributed by atoms with Crippen molar-refractivity contribution in [1.82, 2.24) is 24.9 Å². The van der Waals surface area contributed by atoms with Crippen LogP contribution >= 0.6 is 0 Å². The van der Waals surface area contributed by atoms with Gasteiger partial charge in [-0.1, -0.05) is 19.9 Å². The van der Waals surface area contributed by atoms with Gasteiger partial charge in [0, 0.05) is 30.8 Å². The van der Waals surface area contributed by atoms with Crippen molar-refractivity contribution in [3.05, 3.63) is 47.5 Å². The Hall–Kier alpha value is -2.96. The number of carbonyl (C=O) groups is 1. The van der Waals surface area contributed by atoms with E-state index in [9.17, 15) is 4.79 Å². The van der Waals surface area contributed by atoms with E-state index in [2.05, 4.69) is 31.0 Å². The Kier molecular flexibility index (Phi) is 6.20. The minimum atomic E-state index is 0.0951. The van der Waals surface area contributed by atoms with E-state index in [1.165, 1.54) is 6.42 Å². The highest BCUT2D eigenvalue weighted by Crippen LogP contribution is 2.24. The molecule has 4 rings (SSSR count). The standard InChI is InChI=1S/C24H31N5O2/c1-16(2)11-12-21-15-22(23-26-25-18(4)31-23)27-29(21)20-10-7-9-19(14-20)24(30)28-13-6-5-8-17(28)3/h7,9-10,14-17H,5-6,8,11-13H2,1-4H3. The predicted molar refractivity (Wildman–Crippen MR) is 119 cm³/mol. The summed E-state index contributed by atoms with van der Waals surface area (Å²) in [6, 6.07) is 10.1. The van der Waals surface area contributed by atoms with Gasteiger partial charge in [0.2, 0.25) is 5.89 Å². The number of hydrogen-bond donors (Lipinski definition) is 0. The van der Waals surface area contributed by atoms with Crippen molar-refractivity contribution in [2.24, 2.45) is 5.92 Å². The van der Waals surface area contributed by atoms with Gasteiger partial charge in [-0.25, -0.2) is 4.68 Å². The van der Waals surface area contributed by atoms with Crippen LogP contribution in [0.3, 0.4) is 0 Å². The van der Waals surface area contributed by atoms with Crippen molar-refractivity contribution in [3.8, 4) is 17.3 Å². The zero-order valence-corrected chi connectivity index (χ0v) is 18.8. The molecule has 0 saturated carbocycles. The second-order valence-electron chi connectivity index (χ2n) is 8.89. The van der Waals surface area contributed by atoms with Crippen molar-refractivity contribution in [2.75, 3.05) is 6.54 Å². The van der Waals surface area contributed by atoms with Gasteiger partial charge in [0.25, 0.3) is 11.8 Å². The van der Waals surface area contributed by atoms with Crippen molar-refractivity contribution < 1.29 is 9.21 Å². The Morgan fingerprint density at radius 2 is 2.06 bits per heavy atom. The van der Waals surface area contributed by atoms with E-state index in [4.69, 9.17) is 9.52 Å². The first kappa shape index (κ1) is 21.3. The molecule has 164 valence electrons. The molecule has 0 radical (unpaired) electrons. The SMILES string of the molecule is Cc1nnc(-c2cc(CCC(C)C)n(-c3cccc(C(=O)N4CCCCC4C)c3)n2)o1. The molecule has 1 unspecified atom stereocenters. The highest BCUT2D eigenvalue weighted by Gasteiger charge is 2.25. The fourth-order valence-electron chi connectivity index (χ4n) is 4.10. The molecule has 3 aromatic rings. The van der Waals surface area contributed by atoms with Crippen molar-refractivity contribution in [1.29, 1.82) is 0 Å². The van der Waals surface area contributed by atoms with E-state index in [1.807, 2.05) is 39.9 Å². The molecule has 7 heteroatoms. The summed E-state index contributed by atoms with van der Waals surface area (Å²) in [4.78, 5) is 15.2. The molecule has 7 nitrogen and oxygen atoms in total. The number of likely N-dealkylation sites (tertiary alicyclic amines) is 1. The van der Waals surface area contributed by atoms with Crippen LogP contribution in [-0.2, 0) is 6.42 Å². The van der Waals surface area contributed by atoms with Crippen LogP contribution in [0.25, 0.3) is 17.3 Å². The first-order valence-corrected chi connectivity index (χ1v) is 11.2. The Morgan fingerprint density at radius 1 is 1.23 bits per heavy atom. The summed E-state index contributed by atoms with van der Waals surface area (Å²) < 4.78 is 7.50. The van der Waals surface area contributed by atoms with Gasteiger partial charge in [-0.2, -0.15) is 5.10 Å². The van der Waals surface area contributed by atoms with Crippen LogP contribution < -0.4 is 0 Å². The van der Waals surface area contributed by atoms with E-state index in [0.717, 1.165) is 43.6 Å². The summed E-state index contributed by atoms with van der Waals surface area (Å²) in [5.41, 5.74) is 3.29.